The molecule has 2 fully saturated rings. The first-order valence-electron chi connectivity index (χ1n) is 10.4. The number of amides is 1. The molecule has 7 nitrogen and oxygen atoms in total. The van der Waals surface area contributed by atoms with E-state index in [0.29, 0.717) is 31.0 Å². The molecule has 1 aliphatic carbocycles. The maximum Gasteiger partial charge on any atom is 0.261 e. The number of piperidine rings is 1. The Kier molecular flexibility index (Phi) is 6.50. The van der Waals surface area contributed by atoms with Gasteiger partial charge in [-0.15, -0.1) is 0 Å². The van der Waals surface area contributed by atoms with Crippen LogP contribution < -0.4 is 4.74 Å². The second-order valence-electron chi connectivity index (χ2n) is 8.30. The van der Waals surface area contributed by atoms with E-state index in [4.69, 9.17) is 9.47 Å². The molecule has 164 valence electrons. The maximum atomic E-state index is 13.0. The fraction of sp³-hybridized carbons (Fsp3) is 0.619. The molecule has 1 unspecified atom stereocenters. The van der Waals surface area contributed by atoms with Gasteiger partial charge in [0.1, 0.15) is 5.75 Å². The highest BCUT2D eigenvalue weighted by Crippen LogP contribution is 2.40. The molecule has 1 saturated carbocycles. The van der Waals surface area contributed by atoms with Crippen LogP contribution in [-0.2, 0) is 19.6 Å². The van der Waals surface area contributed by atoms with E-state index in [-0.39, 0.29) is 25.2 Å². The van der Waals surface area contributed by atoms with Crippen LogP contribution in [0.15, 0.2) is 27.1 Å². The van der Waals surface area contributed by atoms with Crippen molar-refractivity contribution in [3.05, 3.63) is 28.2 Å². The summed E-state index contributed by atoms with van der Waals surface area (Å²) in [4.78, 5) is 14.7. The quantitative estimate of drug-likeness (QED) is 0.592. The van der Waals surface area contributed by atoms with Crippen LogP contribution in [-0.4, -0.2) is 63.1 Å². The predicted octanol–water partition coefficient (Wildman–Crippen LogP) is 3.28. The number of sulfonamides is 1. The third kappa shape index (κ3) is 5.06. The third-order valence-corrected chi connectivity index (χ3v) is 7.18. The Morgan fingerprint density at radius 3 is 2.70 bits per heavy atom. The highest BCUT2D eigenvalue weighted by Gasteiger charge is 2.35. The van der Waals surface area contributed by atoms with Crippen molar-refractivity contribution in [1.29, 1.82) is 0 Å². The van der Waals surface area contributed by atoms with Gasteiger partial charge in [-0.05, 0) is 68.2 Å². The number of carbonyl (C=O) groups excluding carboxylic acids is 1. The number of hydrogen-bond donors (Lipinski definition) is 0. The normalized spacial score (nSPS) is 29.3. The van der Waals surface area contributed by atoms with E-state index in [0.717, 1.165) is 47.7 Å². The van der Waals surface area contributed by atoms with E-state index in [1.54, 1.807) is 4.90 Å². The summed E-state index contributed by atoms with van der Waals surface area (Å²) in [5, 5.41) is 0. The molecule has 4 aliphatic rings. The van der Waals surface area contributed by atoms with Crippen molar-refractivity contribution in [1.82, 2.24) is 4.90 Å². The zero-order valence-electron chi connectivity index (χ0n) is 17.0. The van der Waals surface area contributed by atoms with Gasteiger partial charge in [0.2, 0.25) is 10.0 Å². The van der Waals surface area contributed by atoms with Crippen LogP contribution >= 0.6 is 15.9 Å². The van der Waals surface area contributed by atoms with Gasteiger partial charge in [0.15, 0.2) is 6.61 Å². The molecule has 1 atom stereocenters. The molecule has 1 aromatic rings. The number of halogens is 1. The van der Waals surface area contributed by atoms with Gasteiger partial charge in [-0.2, -0.15) is 4.40 Å². The van der Waals surface area contributed by atoms with Crippen molar-refractivity contribution >= 4 is 37.6 Å². The molecule has 2 bridgehead atoms. The van der Waals surface area contributed by atoms with E-state index < -0.39 is 16.1 Å². The van der Waals surface area contributed by atoms with Crippen LogP contribution in [0.3, 0.4) is 0 Å². The molecule has 30 heavy (non-hydrogen) atoms. The number of fused-ring (bicyclic) bond motifs is 5. The van der Waals surface area contributed by atoms with Crippen molar-refractivity contribution < 1.29 is 22.7 Å². The molecule has 1 saturated heterocycles. The fourth-order valence-electron chi connectivity index (χ4n) is 4.70. The summed E-state index contributed by atoms with van der Waals surface area (Å²) in [5.41, 5.74) is 1.63. The Morgan fingerprint density at radius 1 is 1.20 bits per heavy atom. The van der Waals surface area contributed by atoms with Gasteiger partial charge in [-0.25, -0.2) is 8.42 Å². The second kappa shape index (κ2) is 8.96. The van der Waals surface area contributed by atoms with Gasteiger partial charge in [-0.1, -0.05) is 15.9 Å². The number of nitrogens with zero attached hydrogens (tertiary/aromatic N) is 2. The van der Waals surface area contributed by atoms with Crippen molar-refractivity contribution in [3.8, 4) is 5.75 Å². The lowest BCUT2D eigenvalue weighted by Gasteiger charge is -2.37. The van der Waals surface area contributed by atoms with Crippen molar-refractivity contribution in [2.24, 2.45) is 4.40 Å². The summed E-state index contributed by atoms with van der Waals surface area (Å²) >= 11 is 3.55. The van der Waals surface area contributed by atoms with Crippen LogP contribution in [0.2, 0.25) is 0 Å². The van der Waals surface area contributed by atoms with E-state index >= 15 is 0 Å². The van der Waals surface area contributed by atoms with Crippen LogP contribution in [0, 0.1) is 0 Å². The molecule has 5 rings (SSSR count). The van der Waals surface area contributed by atoms with Crippen molar-refractivity contribution in [3.63, 3.8) is 0 Å². The van der Waals surface area contributed by atoms with Gasteiger partial charge in [0.25, 0.3) is 5.91 Å². The van der Waals surface area contributed by atoms with Crippen molar-refractivity contribution in [2.75, 3.05) is 26.0 Å². The van der Waals surface area contributed by atoms with Gasteiger partial charge in [0, 0.05) is 11.0 Å². The third-order valence-electron chi connectivity index (χ3n) is 6.12. The van der Waals surface area contributed by atoms with Crippen molar-refractivity contribution in [2.45, 2.75) is 56.6 Å². The zero-order valence-corrected chi connectivity index (χ0v) is 19.5. The Balaban J connectivity index is 1.66. The first kappa shape index (κ1) is 21.8. The average Bonchev–Trinajstić information content (AvgIpc) is 2.71. The molecule has 0 radical (unpaired) electrons. The number of ether oxygens (including phenoxy) is 2. The van der Waals surface area contributed by atoms with E-state index in [1.807, 2.05) is 12.1 Å². The summed E-state index contributed by atoms with van der Waals surface area (Å²) in [5.74, 6) is 0.942. The zero-order chi connectivity index (χ0) is 21.3. The molecule has 3 aliphatic heterocycles. The van der Waals surface area contributed by atoms with Crippen LogP contribution in [0.25, 0.3) is 0 Å². The summed E-state index contributed by atoms with van der Waals surface area (Å²) in [6.07, 6.45) is 6.25. The molecule has 1 amide bonds. The first-order chi connectivity index (χ1) is 14.3. The Morgan fingerprint density at radius 2 is 1.97 bits per heavy atom. The molecule has 1 aromatic carbocycles. The highest BCUT2D eigenvalue weighted by atomic mass is 79.9. The maximum absolute atomic E-state index is 13.0. The first-order valence-corrected chi connectivity index (χ1v) is 13.1. The van der Waals surface area contributed by atoms with E-state index in [9.17, 15) is 13.2 Å². The Hall–Kier alpha value is -1.45. The Bertz CT molecular complexity index is 941. The fourth-order valence-corrected chi connectivity index (χ4v) is 5.71. The van der Waals surface area contributed by atoms with Gasteiger partial charge >= 0.3 is 0 Å². The van der Waals surface area contributed by atoms with E-state index in [2.05, 4.69) is 26.4 Å². The number of carbonyl (C=O) groups is 1. The lowest BCUT2D eigenvalue weighted by atomic mass is 9.82. The largest absolute Gasteiger partial charge is 0.483 e. The lowest BCUT2D eigenvalue weighted by molar-refractivity contribution is -0.136. The molecule has 9 heteroatoms. The minimum absolute atomic E-state index is 0.0898. The lowest BCUT2D eigenvalue weighted by Crippen LogP contribution is -2.53. The summed E-state index contributed by atoms with van der Waals surface area (Å²) in [6, 6.07) is 5.47. The smallest absolute Gasteiger partial charge is 0.261 e. The van der Waals surface area contributed by atoms with Gasteiger partial charge < -0.3 is 14.4 Å². The number of rotatable bonds is 1. The Labute approximate surface area is 186 Å². The number of hydrogen-bond acceptors (Lipinski definition) is 5. The highest BCUT2D eigenvalue weighted by molar-refractivity contribution is 9.10. The standard InChI is InChI=1S/C21H27BrN2O5S/c1-30(26,27)23-18-3-2-10-24-19(18)12-28-16-7-4-14(5-8-16)17-11-15(22)6-9-20(17)29-13-21(24)25/h6,9,11,14,16,19H,2-5,7-8,10,12-13H2,1H3/b23-18+. The molecule has 0 aromatic heterocycles. The molecular weight excluding hydrogens is 472 g/mol. The minimum atomic E-state index is -3.54. The van der Waals surface area contributed by atoms with Crippen LogP contribution in [0.4, 0.5) is 0 Å². The minimum Gasteiger partial charge on any atom is -0.483 e. The average molecular weight is 499 g/mol. The predicted molar refractivity (Wildman–Crippen MR) is 118 cm³/mol. The van der Waals surface area contributed by atoms with E-state index in [1.165, 1.54) is 0 Å². The second-order valence-corrected chi connectivity index (χ2v) is 10.9. The summed E-state index contributed by atoms with van der Waals surface area (Å²) < 4.78 is 40.8. The van der Waals surface area contributed by atoms with Gasteiger partial charge in [-0.3, -0.25) is 4.79 Å². The molecule has 3 heterocycles. The summed E-state index contributed by atoms with van der Waals surface area (Å²) in [6.45, 7) is 0.723. The van der Waals surface area contributed by atoms with Crippen LogP contribution in [0.1, 0.15) is 50.0 Å². The number of benzene rings is 1. The monoisotopic (exact) mass is 498 g/mol. The molecule has 0 spiro atoms. The molecule has 0 N–H and O–H groups in total. The SMILES string of the molecule is CS(=O)(=O)/N=C1\CCCN2C(=O)COc3ccc(Br)cc3C3CCC(CC3)OCC12. The summed E-state index contributed by atoms with van der Waals surface area (Å²) in [7, 11) is -3.54. The van der Waals surface area contributed by atoms with Gasteiger partial charge in [0.05, 0.1) is 30.7 Å². The topological polar surface area (TPSA) is 85.3 Å². The molecular formula is C21H27BrN2O5S. The van der Waals surface area contributed by atoms with Crippen LogP contribution in [0.5, 0.6) is 5.75 Å².